The Morgan fingerprint density at radius 1 is 0.983 bits per heavy atom. The summed E-state index contributed by atoms with van der Waals surface area (Å²) < 4.78 is 16.9. The van der Waals surface area contributed by atoms with E-state index in [0.717, 1.165) is 11.3 Å². The summed E-state index contributed by atoms with van der Waals surface area (Å²) in [5, 5.41) is 15.9. The van der Waals surface area contributed by atoms with Gasteiger partial charge in [-0.2, -0.15) is 0 Å². The Bertz CT molecular complexity index is 2150. The number of ether oxygens (including phenoxy) is 3. The SMILES string of the molecule is COc1nc(-c2ccnc(-c3cccc(NC(=O)c4ncc(CN(CCO)C(=O)OC(C)(C)C)s4)c3C)c2Cl)ccc1CN(C[C@@H]1CCC(=O)N1)C(=O)OC(C)(C)C. The Morgan fingerprint density at radius 3 is 2.33 bits per heavy atom. The molecule has 310 valence electrons. The predicted octanol–water partition coefficient (Wildman–Crippen LogP) is 7.23. The number of halogens is 1. The van der Waals surface area contributed by atoms with Gasteiger partial charge >= 0.3 is 12.2 Å². The van der Waals surface area contributed by atoms with Gasteiger partial charge in [0.1, 0.15) is 11.2 Å². The van der Waals surface area contributed by atoms with Gasteiger partial charge in [-0.3, -0.25) is 14.6 Å². The number of carbonyl (C=O) groups excluding carboxylic acids is 4. The van der Waals surface area contributed by atoms with Crippen molar-refractivity contribution >= 4 is 52.6 Å². The van der Waals surface area contributed by atoms with E-state index in [1.807, 2.05) is 19.1 Å². The average molecular weight is 836 g/mol. The molecule has 1 saturated heterocycles. The fourth-order valence-electron chi connectivity index (χ4n) is 6.12. The van der Waals surface area contributed by atoms with Crippen molar-refractivity contribution < 1.29 is 38.5 Å². The topological polar surface area (TPSA) is 185 Å². The van der Waals surface area contributed by atoms with E-state index in [-0.39, 0.29) is 55.6 Å². The molecule has 3 aromatic heterocycles. The van der Waals surface area contributed by atoms with Crippen LogP contribution in [0.15, 0.2) is 48.8 Å². The van der Waals surface area contributed by atoms with E-state index < -0.39 is 29.3 Å². The highest BCUT2D eigenvalue weighted by molar-refractivity contribution is 7.13. The number of amides is 4. The molecular formula is C41H50ClN7O8S. The van der Waals surface area contributed by atoms with Gasteiger partial charge in [0.2, 0.25) is 11.8 Å². The van der Waals surface area contributed by atoms with Crippen molar-refractivity contribution in [3.63, 3.8) is 0 Å². The molecule has 0 unspecified atom stereocenters. The number of hydrogen-bond acceptors (Lipinski definition) is 12. The summed E-state index contributed by atoms with van der Waals surface area (Å²) in [5.74, 6) is -0.206. The van der Waals surface area contributed by atoms with Crippen LogP contribution in [0, 0.1) is 6.92 Å². The molecule has 0 aliphatic carbocycles. The first-order chi connectivity index (χ1) is 27.3. The molecule has 15 nitrogen and oxygen atoms in total. The molecule has 4 heterocycles. The minimum absolute atomic E-state index is 0.0512. The minimum atomic E-state index is -0.721. The van der Waals surface area contributed by atoms with Crippen LogP contribution in [0.25, 0.3) is 22.5 Å². The van der Waals surface area contributed by atoms with Crippen LogP contribution in [0.5, 0.6) is 5.88 Å². The molecule has 17 heteroatoms. The van der Waals surface area contributed by atoms with Crippen molar-refractivity contribution in [2.45, 2.75) is 91.6 Å². The van der Waals surface area contributed by atoms with Crippen molar-refractivity contribution in [1.82, 2.24) is 30.1 Å². The van der Waals surface area contributed by atoms with E-state index in [1.54, 1.807) is 76.9 Å². The third-order valence-corrected chi connectivity index (χ3v) is 10.2. The first kappa shape index (κ1) is 43.8. The summed E-state index contributed by atoms with van der Waals surface area (Å²) in [6, 6.07) is 10.5. The number of aliphatic hydroxyl groups excluding tert-OH is 1. The molecule has 5 rings (SSSR count). The molecule has 1 aliphatic rings. The number of pyridine rings is 2. The van der Waals surface area contributed by atoms with Crippen LogP contribution >= 0.6 is 22.9 Å². The van der Waals surface area contributed by atoms with Crippen LogP contribution in [0.1, 0.15) is 80.2 Å². The van der Waals surface area contributed by atoms with E-state index >= 15 is 0 Å². The Labute approximate surface area is 347 Å². The molecule has 0 spiro atoms. The van der Waals surface area contributed by atoms with Gasteiger partial charge in [0.25, 0.3) is 5.91 Å². The molecule has 1 fully saturated rings. The molecule has 0 bridgehead atoms. The van der Waals surface area contributed by atoms with Crippen molar-refractivity contribution in [3.8, 4) is 28.4 Å². The van der Waals surface area contributed by atoms with E-state index in [4.69, 9.17) is 30.8 Å². The Hall–Kier alpha value is -5.32. The summed E-state index contributed by atoms with van der Waals surface area (Å²) in [4.78, 5) is 68.5. The van der Waals surface area contributed by atoms with Crippen LogP contribution < -0.4 is 15.4 Å². The number of rotatable bonds is 13. The molecule has 0 saturated carbocycles. The van der Waals surface area contributed by atoms with E-state index in [0.29, 0.717) is 62.1 Å². The lowest BCUT2D eigenvalue weighted by atomic mass is 10.0. The van der Waals surface area contributed by atoms with Gasteiger partial charge in [-0.05, 0) is 84.7 Å². The number of nitrogens with zero attached hydrogens (tertiary/aromatic N) is 5. The zero-order valence-corrected chi connectivity index (χ0v) is 35.5. The van der Waals surface area contributed by atoms with Crippen LogP contribution in [-0.4, -0.2) is 97.9 Å². The van der Waals surface area contributed by atoms with Crippen LogP contribution in [0.3, 0.4) is 0 Å². The maximum Gasteiger partial charge on any atom is 0.410 e. The second-order valence-electron chi connectivity index (χ2n) is 15.7. The van der Waals surface area contributed by atoms with Crippen LogP contribution in [-0.2, 0) is 27.4 Å². The number of anilines is 1. The second kappa shape index (κ2) is 18.5. The van der Waals surface area contributed by atoms with Crippen LogP contribution in [0.4, 0.5) is 15.3 Å². The molecule has 4 amide bonds. The summed E-state index contributed by atoms with van der Waals surface area (Å²) in [6.07, 6.45) is 3.06. The molecule has 58 heavy (non-hydrogen) atoms. The predicted molar refractivity (Wildman–Crippen MR) is 221 cm³/mol. The molecular weight excluding hydrogens is 786 g/mol. The first-order valence-corrected chi connectivity index (χ1v) is 20.0. The van der Waals surface area contributed by atoms with Gasteiger partial charge < -0.3 is 39.8 Å². The van der Waals surface area contributed by atoms with Gasteiger partial charge in [0.15, 0.2) is 5.01 Å². The lowest BCUT2D eigenvalue weighted by Crippen LogP contribution is -2.43. The number of benzene rings is 1. The summed E-state index contributed by atoms with van der Waals surface area (Å²) >= 11 is 8.19. The second-order valence-corrected chi connectivity index (χ2v) is 17.2. The smallest absolute Gasteiger partial charge is 0.410 e. The Morgan fingerprint density at radius 2 is 1.69 bits per heavy atom. The quantitative estimate of drug-likeness (QED) is 0.123. The molecule has 3 N–H and O–H groups in total. The van der Waals surface area contributed by atoms with Gasteiger partial charge in [0.05, 0.1) is 43.2 Å². The summed E-state index contributed by atoms with van der Waals surface area (Å²) in [5.41, 5.74) is 2.66. The molecule has 4 aromatic rings. The standard InChI is InChI=1S/C41H50ClN7O8S/c1-24-28(10-9-11-30(24)46-35(52)37-44-20-27(58-37)23-48(18-19-50)38(53)56-40(2,3)4)34-33(42)29(16-17-43-34)31-14-12-25(36(47-31)55-8)21-49(39(54)57-41(5,6)7)22-26-13-15-32(51)45-26/h9-12,14,16-17,20,26,50H,13,15,18-19,21-23H2,1-8H3,(H,45,51)(H,46,52)/t26-/m0/s1. The maximum absolute atomic E-state index is 13.4. The Balaban J connectivity index is 1.35. The Kier molecular flexibility index (Phi) is 14.0. The zero-order valence-electron chi connectivity index (χ0n) is 34.0. The molecule has 1 atom stereocenters. The number of nitrogens with one attached hydrogen (secondary N) is 2. The van der Waals surface area contributed by atoms with Crippen molar-refractivity contribution in [1.29, 1.82) is 0 Å². The normalized spacial score (nSPS) is 14.1. The number of methoxy groups -OCH3 is 1. The monoisotopic (exact) mass is 835 g/mol. The van der Waals surface area contributed by atoms with E-state index in [1.165, 1.54) is 18.2 Å². The number of aromatic nitrogens is 3. The number of hydrogen-bond donors (Lipinski definition) is 3. The van der Waals surface area contributed by atoms with Gasteiger partial charge in [-0.25, -0.2) is 19.6 Å². The fraction of sp³-hybridized carbons (Fsp3) is 0.439. The highest BCUT2D eigenvalue weighted by atomic mass is 35.5. The largest absolute Gasteiger partial charge is 0.481 e. The fourth-order valence-corrected chi connectivity index (χ4v) is 7.25. The maximum atomic E-state index is 13.4. The first-order valence-electron chi connectivity index (χ1n) is 18.8. The summed E-state index contributed by atoms with van der Waals surface area (Å²) in [7, 11) is 1.50. The molecule has 1 aromatic carbocycles. The van der Waals surface area contributed by atoms with Crippen LogP contribution in [0.2, 0.25) is 5.02 Å². The van der Waals surface area contributed by atoms with E-state index in [2.05, 4.69) is 20.6 Å². The number of carbonyl (C=O) groups is 4. The third kappa shape index (κ3) is 11.4. The van der Waals surface area contributed by atoms with Crippen molar-refractivity contribution in [2.24, 2.45) is 0 Å². The average Bonchev–Trinajstić information content (AvgIpc) is 3.79. The van der Waals surface area contributed by atoms with Crippen molar-refractivity contribution in [3.05, 3.63) is 74.8 Å². The van der Waals surface area contributed by atoms with Gasteiger partial charge in [-0.15, -0.1) is 11.3 Å². The zero-order chi connectivity index (χ0) is 42.4. The molecule has 0 radical (unpaired) electrons. The lowest BCUT2D eigenvalue weighted by molar-refractivity contribution is -0.119. The summed E-state index contributed by atoms with van der Waals surface area (Å²) in [6.45, 7) is 12.8. The van der Waals surface area contributed by atoms with Gasteiger partial charge in [-0.1, -0.05) is 23.7 Å². The lowest BCUT2D eigenvalue weighted by Gasteiger charge is -2.29. The highest BCUT2D eigenvalue weighted by Crippen LogP contribution is 2.38. The van der Waals surface area contributed by atoms with E-state index in [9.17, 15) is 24.3 Å². The van der Waals surface area contributed by atoms with Gasteiger partial charge in [0, 0.05) is 65.2 Å². The van der Waals surface area contributed by atoms with Crippen molar-refractivity contribution in [2.75, 3.05) is 32.1 Å². The minimum Gasteiger partial charge on any atom is -0.481 e. The third-order valence-electron chi connectivity index (χ3n) is 8.79. The molecule has 1 aliphatic heterocycles. The number of thiazole rings is 1. The number of aliphatic hydroxyl groups is 1. The highest BCUT2D eigenvalue weighted by Gasteiger charge is 2.30.